The number of carboxylic acid groups (broad SMARTS) is 1. The van der Waals surface area contributed by atoms with Gasteiger partial charge in [0, 0.05) is 6.04 Å². The Balaban J connectivity index is 2.29. The van der Waals surface area contributed by atoms with E-state index >= 15 is 0 Å². The van der Waals surface area contributed by atoms with Crippen molar-refractivity contribution in [1.82, 2.24) is 9.03 Å². The van der Waals surface area contributed by atoms with Gasteiger partial charge in [-0.1, -0.05) is 12.8 Å². The molecule has 0 bridgehead atoms. The number of amides is 1. The van der Waals surface area contributed by atoms with Crippen LogP contribution in [0.1, 0.15) is 32.1 Å². The number of carboxylic acids is 1. The van der Waals surface area contributed by atoms with Crippen molar-refractivity contribution < 1.29 is 27.9 Å². The fraction of sp³-hybridized carbons (Fsp3) is 0.818. The maximum atomic E-state index is 12.2. The van der Waals surface area contributed by atoms with E-state index in [4.69, 9.17) is 0 Å². The van der Waals surface area contributed by atoms with E-state index in [1.807, 2.05) is 0 Å². The first-order chi connectivity index (χ1) is 9.36. The standard InChI is InChI=1S/C11H18N2O6S/c1-19-11(16)12-20(17,18)13-8-5-3-2-4-7(8)6-9(13)10(14)15/h7-9H,2-6H2,1H3,(H,12,16)(H,14,15). The van der Waals surface area contributed by atoms with Crippen molar-refractivity contribution in [3.8, 4) is 0 Å². The number of fused-ring (bicyclic) bond motifs is 1. The lowest BCUT2D eigenvalue weighted by molar-refractivity contribution is -0.141. The highest BCUT2D eigenvalue weighted by atomic mass is 32.2. The molecule has 1 aliphatic heterocycles. The Hall–Kier alpha value is -1.35. The molecule has 1 aliphatic carbocycles. The molecule has 0 radical (unpaired) electrons. The summed E-state index contributed by atoms with van der Waals surface area (Å²) in [6, 6.07) is -1.47. The third kappa shape index (κ3) is 2.73. The van der Waals surface area contributed by atoms with E-state index in [-0.39, 0.29) is 12.0 Å². The zero-order valence-corrected chi connectivity index (χ0v) is 11.9. The average Bonchev–Trinajstić information content (AvgIpc) is 2.78. The fourth-order valence-corrected chi connectivity index (χ4v) is 4.72. The van der Waals surface area contributed by atoms with Gasteiger partial charge >= 0.3 is 22.3 Å². The SMILES string of the molecule is COC(=O)NS(=O)(=O)N1C(C(=O)O)CC2CCCCC21. The van der Waals surface area contributed by atoms with Crippen LogP contribution in [-0.2, 0) is 19.7 Å². The molecule has 8 nitrogen and oxygen atoms in total. The number of carbonyl (C=O) groups excluding carboxylic acids is 1. The van der Waals surface area contributed by atoms with Crippen LogP contribution in [0.25, 0.3) is 0 Å². The van der Waals surface area contributed by atoms with Crippen LogP contribution in [0.5, 0.6) is 0 Å². The van der Waals surface area contributed by atoms with Gasteiger partial charge in [0.25, 0.3) is 0 Å². The number of hydrogen-bond acceptors (Lipinski definition) is 5. The molecular weight excluding hydrogens is 288 g/mol. The Kier molecular flexibility index (Phi) is 4.19. The minimum atomic E-state index is -4.21. The first-order valence-corrected chi connectivity index (χ1v) is 7.93. The third-order valence-corrected chi connectivity index (χ3v) is 5.49. The zero-order chi connectivity index (χ0) is 14.9. The van der Waals surface area contributed by atoms with Crippen LogP contribution >= 0.6 is 0 Å². The highest BCUT2D eigenvalue weighted by Gasteiger charge is 2.51. The van der Waals surface area contributed by atoms with Gasteiger partial charge in [-0.2, -0.15) is 12.7 Å². The largest absolute Gasteiger partial charge is 0.480 e. The first kappa shape index (κ1) is 15.0. The molecule has 2 aliphatic rings. The molecule has 114 valence electrons. The van der Waals surface area contributed by atoms with E-state index in [9.17, 15) is 23.1 Å². The Morgan fingerprint density at radius 3 is 2.55 bits per heavy atom. The molecule has 3 unspecified atom stereocenters. The molecule has 20 heavy (non-hydrogen) atoms. The zero-order valence-electron chi connectivity index (χ0n) is 11.1. The lowest BCUT2D eigenvalue weighted by Gasteiger charge is -2.31. The topological polar surface area (TPSA) is 113 Å². The highest BCUT2D eigenvalue weighted by Crippen LogP contribution is 2.41. The van der Waals surface area contributed by atoms with Crippen LogP contribution in [-0.4, -0.2) is 49.1 Å². The molecule has 9 heteroatoms. The van der Waals surface area contributed by atoms with Crippen molar-refractivity contribution in [1.29, 1.82) is 0 Å². The quantitative estimate of drug-likeness (QED) is 0.775. The van der Waals surface area contributed by atoms with Crippen LogP contribution in [0.4, 0.5) is 4.79 Å². The number of nitrogens with one attached hydrogen (secondary N) is 1. The molecule has 2 rings (SSSR count). The number of hydrogen-bond donors (Lipinski definition) is 2. The summed E-state index contributed by atoms with van der Waals surface area (Å²) in [5.41, 5.74) is 0. The van der Waals surface area contributed by atoms with Gasteiger partial charge in [0.15, 0.2) is 0 Å². The summed E-state index contributed by atoms with van der Waals surface area (Å²) in [5.74, 6) is -1.14. The van der Waals surface area contributed by atoms with Crippen molar-refractivity contribution in [3.63, 3.8) is 0 Å². The number of nitrogens with zero attached hydrogens (tertiary/aromatic N) is 1. The van der Waals surface area contributed by atoms with Gasteiger partial charge < -0.3 is 9.84 Å². The molecule has 3 atom stereocenters. The van der Waals surface area contributed by atoms with Crippen LogP contribution < -0.4 is 4.72 Å². The van der Waals surface area contributed by atoms with Crippen LogP contribution in [0, 0.1) is 5.92 Å². The summed E-state index contributed by atoms with van der Waals surface area (Å²) in [4.78, 5) is 22.4. The summed E-state index contributed by atoms with van der Waals surface area (Å²) < 4.78 is 31.4. The predicted molar refractivity (Wildman–Crippen MR) is 68.1 cm³/mol. The molecule has 1 heterocycles. The van der Waals surface area contributed by atoms with E-state index < -0.39 is 28.3 Å². The molecule has 0 aromatic rings. The van der Waals surface area contributed by atoms with Gasteiger partial charge in [-0.05, 0) is 25.2 Å². The van der Waals surface area contributed by atoms with Crippen LogP contribution in [0.3, 0.4) is 0 Å². The van der Waals surface area contributed by atoms with Gasteiger partial charge in [-0.3, -0.25) is 4.79 Å². The average molecular weight is 306 g/mol. The Labute approximate surface area is 117 Å². The van der Waals surface area contributed by atoms with Gasteiger partial charge in [0.1, 0.15) is 6.04 Å². The monoisotopic (exact) mass is 306 g/mol. The van der Waals surface area contributed by atoms with E-state index in [0.29, 0.717) is 12.8 Å². The summed E-state index contributed by atoms with van der Waals surface area (Å²) in [7, 11) is -3.16. The number of carbonyl (C=O) groups is 2. The second kappa shape index (κ2) is 5.57. The third-order valence-electron chi connectivity index (χ3n) is 3.99. The van der Waals surface area contributed by atoms with E-state index in [2.05, 4.69) is 4.74 Å². The van der Waals surface area contributed by atoms with E-state index in [0.717, 1.165) is 30.7 Å². The summed E-state index contributed by atoms with van der Waals surface area (Å²) in [5, 5.41) is 9.24. The van der Waals surface area contributed by atoms with Crippen molar-refractivity contribution in [2.24, 2.45) is 5.92 Å². The number of rotatable bonds is 3. The number of ether oxygens (including phenoxy) is 1. The minimum Gasteiger partial charge on any atom is -0.480 e. The van der Waals surface area contributed by atoms with Gasteiger partial charge in [-0.15, -0.1) is 0 Å². The summed E-state index contributed by atoms with van der Waals surface area (Å²) in [6.07, 6.45) is 2.45. The van der Waals surface area contributed by atoms with Gasteiger partial charge in [0.2, 0.25) is 0 Å². The Morgan fingerprint density at radius 2 is 1.95 bits per heavy atom. The van der Waals surface area contributed by atoms with Crippen molar-refractivity contribution >= 4 is 22.3 Å². The molecule has 2 N–H and O–H groups in total. The number of methoxy groups -OCH3 is 1. The smallest absolute Gasteiger partial charge is 0.421 e. The Bertz CT molecular complexity index is 505. The normalized spacial score (nSPS) is 30.6. The second-order valence-electron chi connectivity index (χ2n) is 5.13. The first-order valence-electron chi connectivity index (χ1n) is 6.49. The fourth-order valence-electron chi connectivity index (χ4n) is 3.17. The molecule has 1 saturated heterocycles. The molecule has 0 spiro atoms. The predicted octanol–water partition coefficient (Wildman–Crippen LogP) is 0.305. The summed E-state index contributed by atoms with van der Waals surface area (Å²) >= 11 is 0. The Morgan fingerprint density at radius 1 is 1.30 bits per heavy atom. The lowest BCUT2D eigenvalue weighted by Crippen LogP contribution is -2.52. The molecular formula is C11H18N2O6S. The van der Waals surface area contributed by atoms with E-state index in [1.54, 1.807) is 4.72 Å². The molecule has 0 aromatic heterocycles. The summed E-state index contributed by atoms with van der Waals surface area (Å²) in [6.45, 7) is 0. The van der Waals surface area contributed by atoms with Crippen molar-refractivity contribution in [2.75, 3.05) is 7.11 Å². The highest BCUT2D eigenvalue weighted by molar-refractivity contribution is 7.87. The molecule has 1 amide bonds. The van der Waals surface area contributed by atoms with Crippen LogP contribution in [0.2, 0.25) is 0 Å². The van der Waals surface area contributed by atoms with Gasteiger partial charge in [0.05, 0.1) is 7.11 Å². The maximum absolute atomic E-state index is 12.2. The maximum Gasteiger partial charge on any atom is 0.421 e. The minimum absolute atomic E-state index is 0.0408. The lowest BCUT2D eigenvalue weighted by atomic mass is 9.85. The molecule has 1 saturated carbocycles. The number of aliphatic carboxylic acids is 1. The second-order valence-corrected chi connectivity index (χ2v) is 6.71. The van der Waals surface area contributed by atoms with E-state index in [1.165, 1.54) is 0 Å². The van der Waals surface area contributed by atoms with Crippen molar-refractivity contribution in [2.45, 2.75) is 44.2 Å². The molecule has 0 aromatic carbocycles. The van der Waals surface area contributed by atoms with Crippen LogP contribution in [0.15, 0.2) is 0 Å². The van der Waals surface area contributed by atoms with Gasteiger partial charge in [-0.25, -0.2) is 9.52 Å². The molecule has 2 fully saturated rings. The van der Waals surface area contributed by atoms with Crippen molar-refractivity contribution in [3.05, 3.63) is 0 Å².